The maximum Gasteiger partial charge on any atom is 0.276 e. The van der Waals surface area contributed by atoms with Gasteiger partial charge in [0.05, 0.1) is 17.4 Å². The van der Waals surface area contributed by atoms with Crippen molar-refractivity contribution in [2.45, 2.75) is 19.3 Å². The van der Waals surface area contributed by atoms with Gasteiger partial charge in [0, 0.05) is 43.7 Å². The van der Waals surface area contributed by atoms with E-state index in [4.69, 9.17) is 0 Å². The predicted molar refractivity (Wildman–Crippen MR) is 150 cm³/mol. The Hall–Kier alpha value is -3.56. The Bertz CT molecular complexity index is 1270. The zero-order valence-corrected chi connectivity index (χ0v) is 21.7. The first-order valence-electron chi connectivity index (χ1n) is 13.1. The Morgan fingerprint density at radius 1 is 1.16 bits per heavy atom. The predicted octanol–water partition coefficient (Wildman–Crippen LogP) is 3.75. The summed E-state index contributed by atoms with van der Waals surface area (Å²) in [5, 5.41) is 14.3. The SMILES string of the molecule is CN(C)CCNc1ccc(NC(=O)c2n[nH]c3ccc(C4=CC(CN5CCCCC5)CN=C4)cc23)cn1. The van der Waals surface area contributed by atoms with Crippen molar-refractivity contribution >= 4 is 40.1 Å². The number of aliphatic imine (C=N–C) groups is 1. The summed E-state index contributed by atoms with van der Waals surface area (Å²) in [5.74, 6) is 0.914. The number of hydrogen-bond acceptors (Lipinski definition) is 7. The van der Waals surface area contributed by atoms with Crippen LogP contribution >= 0.6 is 0 Å². The van der Waals surface area contributed by atoms with E-state index in [0.29, 0.717) is 17.3 Å². The van der Waals surface area contributed by atoms with Gasteiger partial charge in [0.2, 0.25) is 0 Å². The van der Waals surface area contributed by atoms with E-state index < -0.39 is 0 Å². The highest BCUT2D eigenvalue weighted by molar-refractivity contribution is 6.14. The molecule has 1 unspecified atom stereocenters. The van der Waals surface area contributed by atoms with Crippen molar-refractivity contribution in [3.05, 3.63) is 53.9 Å². The molecule has 1 amide bonds. The van der Waals surface area contributed by atoms with Gasteiger partial charge in [-0.05, 0) is 75.4 Å². The molecule has 194 valence electrons. The van der Waals surface area contributed by atoms with E-state index in [9.17, 15) is 4.79 Å². The number of allylic oxidation sites excluding steroid dienone is 1. The number of likely N-dealkylation sites (N-methyl/N-ethyl adjacent to an activating group) is 1. The summed E-state index contributed by atoms with van der Waals surface area (Å²) in [4.78, 5) is 26.8. The fourth-order valence-corrected chi connectivity index (χ4v) is 4.93. The Labute approximate surface area is 218 Å². The molecule has 1 saturated heterocycles. The largest absolute Gasteiger partial charge is 0.369 e. The zero-order valence-electron chi connectivity index (χ0n) is 21.7. The lowest BCUT2D eigenvalue weighted by Crippen LogP contribution is -2.35. The van der Waals surface area contributed by atoms with Crippen molar-refractivity contribution in [1.29, 1.82) is 0 Å². The Morgan fingerprint density at radius 2 is 2.03 bits per heavy atom. The minimum absolute atomic E-state index is 0.271. The number of piperidine rings is 1. The molecule has 2 aromatic heterocycles. The van der Waals surface area contributed by atoms with Crippen LogP contribution in [0.4, 0.5) is 11.5 Å². The van der Waals surface area contributed by atoms with Crippen LogP contribution in [0.3, 0.4) is 0 Å². The van der Waals surface area contributed by atoms with Gasteiger partial charge >= 0.3 is 0 Å². The molecule has 9 heteroatoms. The van der Waals surface area contributed by atoms with Crippen molar-refractivity contribution in [3.8, 4) is 0 Å². The quantitative estimate of drug-likeness (QED) is 0.414. The molecule has 1 aromatic carbocycles. The van der Waals surface area contributed by atoms with Crippen LogP contribution in [0.15, 0.2) is 47.6 Å². The van der Waals surface area contributed by atoms with Crippen molar-refractivity contribution in [1.82, 2.24) is 25.0 Å². The first kappa shape index (κ1) is 25.1. The summed E-state index contributed by atoms with van der Waals surface area (Å²) in [5.41, 5.74) is 3.96. The average molecular weight is 501 g/mol. The molecule has 0 bridgehead atoms. The highest BCUT2D eigenvalue weighted by Gasteiger charge is 2.19. The lowest BCUT2D eigenvalue weighted by molar-refractivity contribution is 0.102. The van der Waals surface area contributed by atoms with Gasteiger partial charge in [-0.15, -0.1) is 0 Å². The second-order valence-corrected chi connectivity index (χ2v) is 10.2. The Balaban J connectivity index is 1.27. The van der Waals surface area contributed by atoms with E-state index in [1.807, 2.05) is 44.6 Å². The van der Waals surface area contributed by atoms with Crippen molar-refractivity contribution in [2.75, 3.05) is 64.0 Å². The number of hydrogen-bond donors (Lipinski definition) is 3. The normalized spacial score (nSPS) is 18.2. The number of nitrogens with one attached hydrogen (secondary N) is 3. The number of rotatable bonds is 9. The number of likely N-dealkylation sites (tertiary alicyclic amines) is 1. The molecule has 3 N–H and O–H groups in total. The smallest absolute Gasteiger partial charge is 0.276 e. The molecule has 2 aliphatic rings. The number of pyridine rings is 1. The molecule has 1 fully saturated rings. The molecule has 4 heterocycles. The molecule has 2 aliphatic heterocycles. The highest BCUT2D eigenvalue weighted by Crippen LogP contribution is 2.26. The second-order valence-electron chi connectivity index (χ2n) is 10.2. The maximum atomic E-state index is 13.1. The van der Waals surface area contributed by atoms with Crippen LogP contribution in [0, 0.1) is 5.92 Å². The molecular weight excluding hydrogens is 464 g/mol. The number of H-pyrrole nitrogens is 1. The van der Waals surface area contributed by atoms with Gasteiger partial charge in [-0.1, -0.05) is 18.6 Å². The number of dihydropyridines is 1. The average Bonchev–Trinajstić information content (AvgIpc) is 3.34. The van der Waals surface area contributed by atoms with Gasteiger partial charge in [0.1, 0.15) is 5.82 Å². The highest BCUT2D eigenvalue weighted by atomic mass is 16.1. The van der Waals surface area contributed by atoms with Gasteiger partial charge in [-0.2, -0.15) is 5.10 Å². The third-order valence-electron chi connectivity index (χ3n) is 6.92. The molecule has 37 heavy (non-hydrogen) atoms. The van der Waals surface area contributed by atoms with Crippen LogP contribution in [-0.4, -0.2) is 90.5 Å². The van der Waals surface area contributed by atoms with Gasteiger partial charge in [-0.3, -0.25) is 14.9 Å². The van der Waals surface area contributed by atoms with Crippen LogP contribution in [-0.2, 0) is 0 Å². The number of fused-ring (bicyclic) bond motifs is 1. The van der Waals surface area contributed by atoms with Crippen LogP contribution in [0.1, 0.15) is 35.3 Å². The lowest BCUT2D eigenvalue weighted by atomic mass is 9.96. The Kier molecular flexibility index (Phi) is 7.91. The van der Waals surface area contributed by atoms with E-state index in [0.717, 1.165) is 54.0 Å². The minimum atomic E-state index is -0.271. The number of amides is 1. The van der Waals surface area contributed by atoms with E-state index in [2.05, 4.69) is 52.7 Å². The second kappa shape index (κ2) is 11.7. The number of aromatic nitrogens is 3. The van der Waals surface area contributed by atoms with Crippen LogP contribution < -0.4 is 10.6 Å². The van der Waals surface area contributed by atoms with Crippen molar-refractivity contribution < 1.29 is 4.79 Å². The van der Waals surface area contributed by atoms with Gasteiger partial charge in [-0.25, -0.2) is 4.98 Å². The molecule has 1 atom stereocenters. The molecule has 0 aliphatic carbocycles. The number of benzene rings is 1. The summed E-state index contributed by atoms with van der Waals surface area (Å²) >= 11 is 0. The van der Waals surface area contributed by atoms with E-state index >= 15 is 0 Å². The topological polar surface area (TPSA) is 102 Å². The lowest BCUT2D eigenvalue weighted by Gasteiger charge is -2.29. The first-order chi connectivity index (χ1) is 18.0. The van der Waals surface area contributed by atoms with Crippen molar-refractivity contribution in [3.63, 3.8) is 0 Å². The minimum Gasteiger partial charge on any atom is -0.369 e. The molecule has 5 rings (SSSR count). The third-order valence-corrected chi connectivity index (χ3v) is 6.92. The number of carbonyl (C=O) groups excluding carboxylic acids is 1. The summed E-state index contributed by atoms with van der Waals surface area (Å²) in [6.07, 6.45) is 9.87. The number of aromatic amines is 1. The van der Waals surface area contributed by atoms with Gasteiger partial charge in [0.15, 0.2) is 5.69 Å². The zero-order chi connectivity index (χ0) is 25.6. The van der Waals surface area contributed by atoms with E-state index in [-0.39, 0.29) is 5.91 Å². The standard InChI is InChI=1S/C28H36N8O/c1-35(2)13-10-30-26-9-7-23(18-31-26)32-28(37)27-24-15-21(6-8-25(24)33-34-27)22-14-20(16-29-17-22)19-36-11-4-3-5-12-36/h6-9,14-15,17-18,20H,3-5,10-13,16,19H2,1-2H3,(H,30,31)(H,32,37)(H,33,34). The molecule has 0 spiro atoms. The summed E-state index contributed by atoms with van der Waals surface area (Å²) in [6, 6.07) is 9.78. The molecule has 3 aromatic rings. The van der Waals surface area contributed by atoms with Crippen LogP contribution in [0.5, 0.6) is 0 Å². The molecule has 0 radical (unpaired) electrons. The monoisotopic (exact) mass is 500 g/mol. The summed E-state index contributed by atoms with van der Waals surface area (Å²) in [6.45, 7) is 5.98. The molecular formula is C28H36N8O. The van der Waals surface area contributed by atoms with E-state index in [1.165, 1.54) is 32.4 Å². The number of nitrogens with zero attached hydrogens (tertiary/aromatic N) is 5. The number of carbonyl (C=O) groups is 1. The van der Waals surface area contributed by atoms with Gasteiger partial charge in [0.25, 0.3) is 5.91 Å². The maximum absolute atomic E-state index is 13.1. The number of anilines is 2. The molecule has 0 saturated carbocycles. The van der Waals surface area contributed by atoms with Crippen LogP contribution in [0.2, 0.25) is 0 Å². The van der Waals surface area contributed by atoms with Crippen molar-refractivity contribution in [2.24, 2.45) is 10.9 Å². The first-order valence-corrected chi connectivity index (χ1v) is 13.1. The van der Waals surface area contributed by atoms with Crippen LogP contribution in [0.25, 0.3) is 16.5 Å². The fraction of sp³-hybridized carbons (Fsp3) is 0.429. The summed E-state index contributed by atoms with van der Waals surface area (Å²) in [7, 11) is 4.06. The molecule has 9 nitrogen and oxygen atoms in total. The Morgan fingerprint density at radius 3 is 2.81 bits per heavy atom. The summed E-state index contributed by atoms with van der Waals surface area (Å²) < 4.78 is 0. The van der Waals surface area contributed by atoms with Gasteiger partial charge < -0.3 is 20.4 Å². The fourth-order valence-electron chi connectivity index (χ4n) is 4.93. The third kappa shape index (κ3) is 6.42. The van der Waals surface area contributed by atoms with E-state index in [1.54, 1.807) is 6.20 Å².